The van der Waals surface area contributed by atoms with Crippen LogP contribution in [0, 0.1) is 5.92 Å². The maximum Gasteiger partial charge on any atom is 0.248 e. The molecule has 160 valence electrons. The van der Waals surface area contributed by atoms with Gasteiger partial charge in [-0.3, -0.25) is 19.3 Å². The third-order valence-electron chi connectivity index (χ3n) is 5.29. The number of nitrogens with zero attached hydrogens (tertiary/aromatic N) is 3. The van der Waals surface area contributed by atoms with E-state index in [1.54, 1.807) is 34.1 Å². The minimum Gasteiger partial charge on any atom is -0.333 e. The highest BCUT2D eigenvalue weighted by Crippen LogP contribution is 2.23. The topological polar surface area (TPSA) is 60.9 Å². The summed E-state index contributed by atoms with van der Waals surface area (Å²) in [6, 6.07) is 7.02. The molecule has 0 aliphatic carbocycles. The minimum atomic E-state index is -0.199. The van der Waals surface area contributed by atoms with Crippen molar-refractivity contribution in [1.82, 2.24) is 9.80 Å². The Balaban J connectivity index is 2.04. The molecule has 2 rings (SSSR count). The molecule has 0 bridgehead atoms. The maximum absolute atomic E-state index is 13.0. The molecule has 0 aromatic heterocycles. The lowest BCUT2D eigenvalue weighted by molar-refractivity contribution is -0.143. The summed E-state index contributed by atoms with van der Waals surface area (Å²) >= 11 is 6.03. The molecule has 0 N–H and O–H groups in total. The van der Waals surface area contributed by atoms with Crippen molar-refractivity contribution in [2.45, 2.75) is 52.9 Å². The molecule has 1 aliphatic heterocycles. The summed E-state index contributed by atoms with van der Waals surface area (Å²) in [5.41, 5.74) is 0.671. The van der Waals surface area contributed by atoms with E-state index >= 15 is 0 Å². The van der Waals surface area contributed by atoms with Crippen molar-refractivity contribution in [2.75, 3.05) is 31.2 Å². The van der Waals surface area contributed by atoms with E-state index in [0.717, 1.165) is 32.1 Å². The third-order valence-corrected chi connectivity index (χ3v) is 5.53. The smallest absolute Gasteiger partial charge is 0.248 e. The van der Waals surface area contributed by atoms with Gasteiger partial charge in [-0.1, -0.05) is 51.3 Å². The molecular weight excluding hydrogens is 390 g/mol. The molecule has 0 spiro atoms. The van der Waals surface area contributed by atoms with Gasteiger partial charge in [0.1, 0.15) is 13.2 Å². The lowest BCUT2D eigenvalue weighted by Crippen LogP contribution is -2.45. The Morgan fingerprint density at radius 3 is 2.59 bits per heavy atom. The Morgan fingerprint density at radius 1 is 1.21 bits per heavy atom. The highest BCUT2D eigenvalue weighted by Gasteiger charge is 2.33. The first-order valence-electron chi connectivity index (χ1n) is 10.5. The molecule has 0 radical (unpaired) electrons. The molecule has 1 fully saturated rings. The van der Waals surface area contributed by atoms with Crippen molar-refractivity contribution in [3.63, 3.8) is 0 Å². The van der Waals surface area contributed by atoms with E-state index in [9.17, 15) is 14.4 Å². The van der Waals surface area contributed by atoms with Crippen LogP contribution in [-0.2, 0) is 14.4 Å². The average Bonchev–Trinajstić information content (AvgIpc) is 3.10. The second kappa shape index (κ2) is 11.2. The Kier molecular flexibility index (Phi) is 8.96. The van der Waals surface area contributed by atoms with Crippen LogP contribution in [0.1, 0.15) is 52.9 Å². The number of hydrogen-bond donors (Lipinski definition) is 0. The summed E-state index contributed by atoms with van der Waals surface area (Å²) in [5.74, 6) is -0.343. The summed E-state index contributed by atoms with van der Waals surface area (Å²) in [6.07, 6.45) is 4.47. The number of hydrogen-bond acceptors (Lipinski definition) is 3. The number of carbonyl (C=O) groups excluding carboxylic acids is 3. The van der Waals surface area contributed by atoms with Gasteiger partial charge in [-0.15, -0.1) is 0 Å². The minimum absolute atomic E-state index is 0.0198. The van der Waals surface area contributed by atoms with Crippen LogP contribution < -0.4 is 4.90 Å². The Labute approximate surface area is 178 Å². The molecule has 1 heterocycles. The molecule has 3 amide bonds. The second-order valence-corrected chi connectivity index (χ2v) is 7.98. The van der Waals surface area contributed by atoms with Crippen molar-refractivity contribution in [3.8, 4) is 0 Å². The van der Waals surface area contributed by atoms with Gasteiger partial charge in [-0.25, -0.2) is 0 Å². The first-order valence-corrected chi connectivity index (χ1v) is 10.9. The molecule has 0 saturated carbocycles. The van der Waals surface area contributed by atoms with Crippen molar-refractivity contribution >= 4 is 35.0 Å². The Hall–Kier alpha value is -2.08. The summed E-state index contributed by atoms with van der Waals surface area (Å²) < 4.78 is 0. The molecule has 1 atom stereocenters. The highest BCUT2D eigenvalue weighted by atomic mass is 35.5. The number of unbranched alkanes of at least 4 members (excludes halogenated alkanes) is 1. The average molecular weight is 422 g/mol. The number of carbonyl (C=O) groups is 3. The van der Waals surface area contributed by atoms with Gasteiger partial charge < -0.3 is 9.80 Å². The van der Waals surface area contributed by atoms with Gasteiger partial charge in [-0.2, -0.15) is 0 Å². The zero-order chi connectivity index (χ0) is 21.4. The predicted molar refractivity (Wildman–Crippen MR) is 116 cm³/mol. The zero-order valence-corrected chi connectivity index (χ0v) is 18.5. The van der Waals surface area contributed by atoms with Crippen LogP contribution >= 0.6 is 11.6 Å². The second-order valence-electron chi connectivity index (χ2n) is 7.54. The van der Waals surface area contributed by atoms with Crippen LogP contribution in [0.3, 0.4) is 0 Å². The summed E-state index contributed by atoms with van der Waals surface area (Å²) in [5, 5.41) is 0.539. The van der Waals surface area contributed by atoms with Crippen LogP contribution in [0.5, 0.6) is 0 Å². The van der Waals surface area contributed by atoms with Crippen molar-refractivity contribution in [2.24, 2.45) is 5.92 Å². The predicted octanol–water partition coefficient (Wildman–Crippen LogP) is 3.93. The van der Waals surface area contributed by atoms with Gasteiger partial charge in [0.15, 0.2) is 0 Å². The summed E-state index contributed by atoms with van der Waals surface area (Å²) in [4.78, 5) is 43.0. The third kappa shape index (κ3) is 6.20. The van der Waals surface area contributed by atoms with Crippen LogP contribution in [0.2, 0.25) is 5.02 Å². The van der Waals surface area contributed by atoms with Crippen LogP contribution in [-0.4, -0.2) is 53.8 Å². The van der Waals surface area contributed by atoms with E-state index in [-0.39, 0.29) is 43.4 Å². The van der Waals surface area contributed by atoms with E-state index < -0.39 is 0 Å². The lowest BCUT2D eigenvalue weighted by Gasteiger charge is -2.28. The molecule has 6 nitrogen and oxygen atoms in total. The largest absolute Gasteiger partial charge is 0.333 e. The number of anilines is 1. The van der Waals surface area contributed by atoms with Crippen LogP contribution in [0.4, 0.5) is 5.69 Å². The molecule has 1 aromatic carbocycles. The van der Waals surface area contributed by atoms with Gasteiger partial charge >= 0.3 is 0 Å². The van der Waals surface area contributed by atoms with Crippen molar-refractivity contribution in [3.05, 3.63) is 29.3 Å². The van der Waals surface area contributed by atoms with Gasteiger partial charge in [0, 0.05) is 23.2 Å². The van der Waals surface area contributed by atoms with Gasteiger partial charge in [0.05, 0.1) is 6.54 Å². The quantitative estimate of drug-likeness (QED) is 0.575. The first-order chi connectivity index (χ1) is 13.9. The Bertz CT molecular complexity index is 725. The number of benzene rings is 1. The van der Waals surface area contributed by atoms with Crippen LogP contribution in [0.25, 0.3) is 0 Å². The fraction of sp³-hybridized carbons (Fsp3) is 0.591. The van der Waals surface area contributed by atoms with E-state index in [1.165, 1.54) is 4.90 Å². The standard InChI is InChI=1S/C22H32ClN3O3/c1-4-7-9-17(6-3)22(29)24(12-5-2)14-20(27)25-15-21(28)26(16-25)19-11-8-10-18(23)13-19/h8,10-11,13,17H,4-7,9,12,14-16H2,1-3H3. The highest BCUT2D eigenvalue weighted by molar-refractivity contribution is 6.31. The summed E-state index contributed by atoms with van der Waals surface area (Å²) in [7, 11) is 0. The monoisotopic (exact) mass is 421 g/mol. The zero-order valence-electron chi connectivity index (χ0n) is 17.7. The molecule has 29 heavy (non-hydrogen) atoms. The maximum atomic E-state index is 13.0. The van der Waals surface area contributed by atoms with Crippen molar-refractivity contribution in [1.29, 1.82) is 0 Å². The number of halogens is 1. The SMILES string of the molecule is CCCCC(CC)C(=O)N(CCC)CC(=O)N1CC(=O)N(c2cccc(Cl)c2)C1. The molecule has 1 aliphatic rings. The molecule has 7 heteroatoms. The molecule has 1 unspecified atom stereocenters. The lowest BCUT2D eigenvalue weighted by atomic mass is 9.97. The van der Waals surface area contributed by atoms with E-state index in [4.69, 9.17) is 11.6 Å². The van der Waals surface area contributed by atoms with E-state index in [2.05, 4.69) is 6.92 Å². The van der Waals surface area contributed by atoms with Gasteiger partial charge in [0.2, 0.25) is 17.7 Å². The van der Waals surface area contributed by atoms with E-state index in [0.29, 0.717) is 17.3 Å². The number of rotatable bonds is 10. The summed E-state index contributed by atoms with van der Waals surface area (Å²) in [6.45, 7) is 6.90. The fourth-order valence-electron chi connectivity index (χ4n) is 3.60. The van der Waals surface area contributed by atoms with E-state index in [1.807, 2.05) is 13.8 Å². The Morgan fingerprint density at radius 2 is 1.97 bits per heavy atom. The van der Waals surface area contributed by atoms with Gasteiger partial charge in [0.25, 0.3) is 0 Å². The fourth-order valence-corrected chi connectivity index (χ4v) is 3.78. The molecule has 1 aromatic rings. The molecular formula is C22H32ClN3O3. The first kappa shape index (κ1) is 23.2. The number of amides is 3. The normalized spacial score (nSPS) is 15.0. The van der Waals surface area contributed by atoms with Gasteiger partial charge in [-0.05, 0) is 37.5 Å². The van der Waals surface area contributed by atoms with Crippen molar-refractivity contribution < 1.29 is 14.4 Å². The molecule has 1 saturated heterocycles. The van der Waals surface area contributed by atoms with Crippen LogP contribution in [0.15, 0.2) is 24.3 Å².